The predicted molar refractivity (Wildman–Crippen MR) is 124 cm³/mol. The van der Waals surface area contributed by atoms with Crippen LogP contribution in [0.15, 0.2) is 24.4 Å². The minimum Gasteiger partial charge on any atom is -0.385 e. The first-order chi connectivity index (χ1) is 15.1. The highest BCUT2D eigenvalue weighted by molar-refractivity contribution is 7.20. The lowest BCUT2D eigenvalue weighted by atomic mass is 10.1. The van der Waals surface area contributed by atoms with E-state index >= 15 is 0 Å². The normalized spacial score (nSPS) is 14.3. The fourth-order valence-corrected chi connectivity index (χ4v) is 4.99. The van der Waals surface area contributed by atoms with Gasteiger partial charge in [-0.2, -0.15) is 0 Å². The third kappa shape index (κ3) is 4.62. The number of hydrogen-bond acceptors (Lipinski definition) is 8. The highest BCUT2D eigenvalue weighted by Crippen LogP contribution is 2.36. The van der Waals surface area contributed by atoms with Crippen LogP contribution in [0.5, 0.6) is 0 Å². The van der Waals surface area contributed by atoms with Crippen molar-refractivity contribution in [2.75, 3.05) is 56.2 Å². The topological polar surface area (TPSA) is 83.5 Å². The van der Waals surface area contributed by atoms with Gasteiger partial charge in [-0.25, -0.2) is 15.0 Å². The number of anilines is 2. The van der Waals surface area contributed by atoms with Crippen LogP contribution in [0.4, 0.5) is 11.6 Å². The van der Waals surface area contributed by atoms with Crippen LogP contribution >= 0.6 is 11.3 Å². The molecule has 0 saturated carbocycles. The molecule has 3 aromatic heterocycles. The second-order valence-corrected chi connectivity index (χ2v) is 8.59. The number of aryl methyl sites for hydroxylation is 2. The van der Waals surface area contributed by atoms with Gasteiger partial charge in [-0.05, 0) is 38.0 Å². The molecule has 1 aliphatic rings. The average molecular weight is 441 g/mol. The molecule has 0 bridgehead atoms. The Labute approximate surface area is 186 Å². The molecular formula is C22H28N6O2S. The largest absolute Gasteiger partial charge is 0.385 e. The Morgan fingerprint density at radius 2 is 1.94 bits per heavy atom. The number of aromatic nitrogens is 3. The first-order valence-electron chi connectivity index (χ1n) is 10.5. The van der Waals surface area contributed by atoms with Gasteiger partial charge in [-0.3, -0.25) is 4.79 Å². The maximum Gasteiger partial charge on any atom is 0.261 e. The molecule has 0 radical (unpaired) electrons. The molecule has 164 valence electrons. The number of amides is 1. The molecule has 8 nitrogen and oxygen atoms in total. The van der Waals surface area contributed by atoms with E-state index in [2.05, 4.69) is 25.1 Å². The van der Waals surface area contributed by atoms with Crippen LogP contribution in [-0.4, -0.2) is 67.3 Å². The van der Waals surface area contributed by atoms with Crippen molar-refractivity contribution in [1.29, 1.82) is 0 Å². The van der Waals surface area contributed by atoms with Crippen molar-refractivity contribution >= 4 is 39.1 Å². The second kappa shape index (κ2) is 9.57. The molecule has 4 rings (SSSR count). The zero-order chi connectivity index (χ0) is 21.8. The number of ether oxygens (including phenoxy) is 1. The van der Waals surface area contributed by atoms with Gasteiger partial charge in [0.2, 0.25) is 0 Å². The predicted octanol–water partition coefficient (Wildman–Crippen LogP) is 2.80. The molecule has 1 aliphatic heterocycles. The molecule has 1 amide bonds. The molecule has 1 saturated heterocycles. The molecule has 0 aliphatic carbocycles. The summed E-state index contributed by atoms with van der Waals surface area (Å²) in [7, 11) is 1.66. The lowest BCUT2D eigenvalue weighted by Crippen LogP contribution is -2.47. The third-order valence-corrected chi connectivity index (χ3v) is 6.64. The maximum atomic E-state index is 12.8. The van der Waals surface area contributed by atoms with Gasteiger partial charge >= 0.3 is 0 Å². The summed E-state index contributed by atoms with van der Waals surface area (Å²) in [5, 5.41) is 3.98. The SMILES string of the molecule is COCCCNC(=O)c1sc2nc(C)nc(N3CCN(c4ccccn4)CC3)c2c1C. The van der Waals surface area contributed by atoms with Gasteiger partial charge < -0.3 is 19.9 Å². The number of fused-ring (bicyclic) bond motifs is 1. The summed E-state index contributed by atoms with van der Waals surface area (Å²) in [6.07, 6.45) is 2.62. The van der Waals surface area contributed by atoms with Crippen molar-refractivity contribution in [2.24, 2.45) is 0 Å². The molecule has 0 spiro atoms. The molecular weight excluding hydrogens is 412 g/mol. The van der Waals surface area contributed by atoms with Gasteiger partial charge in [0.1, 0.15) is 22.3 Å². The zero-order valence-electron chi connectivity index (χ0n) is 18.2. The van der Waals surface area contributed by atoms with Crippen molar-refractivity contribution in [1.82, 2.24) is 20.3 Å². The van der Waals surface area contributed by atoms with Crippen LogP contribution in [0.1, 0.15) is 27.5 Å². The first-order valence-corrected chi connectivity index (χ1v) is 11.4. The quantitative estimate of drug-likeness (QED) is 0.566. The molecule has 9 heteroatoms. The van der Waals surface area contributed by atoms with Crippen molar-refractivity contribution in [2.45, 2.75) is 20.3 Å². The number of hydrogen-bond donors (Lipinski definition) is 1. The number of carbonyl (C=O) groups is 1. The Hall–Kier alpha value is -2.78. The number of pyridine rings is 1. The van der Waals surface area contributed by atoms with Gasteiger partial charge in [0.25, 0.3) is 5.91 Å². The van der Waals surface area contributed by atoms with E-state index in [1.807, 2.05) is 38.2 Å². The summed E-state index contributed by atoms with van der Waals surface area (Å²) in [6.45, 7) is 8.56. The Kier molecular flexibility index (Phi) is 6.62. The standard InChI is InChI=1S/C22H28N6O2S/c1-15-18-20(28-12-10-27(11-13-28)17-7-4-5-8-23-17)25-16(2)26-22(18)31-19(15)21(29)24-9-6-14-30-3/h4-5,7-8H,6,9-14H2,1-3H3,(H,24,29). The van der Waals surface area contributed by atoms with E-state index < -0.39 is 0 Å². The third-order valence-electron chi connectivity index (χ3n) is 5.45. The van der Waals surface area contributed by atoms with Gasteiger partial charge in [0.15, 0.2) is 0 Å². The number of thiophene rings is 1. The van der Waals surface area contributed by atoms with Crippen LogP contribution < -0.4 is 15.1 Å². The van der Waals surface area contributed by atoms with Gasteiger partial charge in [0, 0.05) is 52.6 Å². The summed E-state index contributed by atoms with van der Waals surface area (Å²) >= 11 is 1.44. The smallest absolute Gasteiger partial charge is 0.261 e. The fourth-order valence-electron chi connectivity index (χ4n) is 3.85. The molecule has 1 fully saturated rings. The van der Waals surface area contributed by atoms with E-state index in [9.17, 15) is 4.79 Å². The lowest BCUT2D eigenvalue weighted by Gasteiger charge is -2.36. The number of carbonyl (C=O) groups excluding carboxylic acids is 1. The average Bonchev–Trinajstić information content (AvgIpc) is 3.13. The first kappa shape index (κ1) is 21.5. The summed E-state index contributed by atoms with van der Waals surface area (Å²) < 4.78 is 5.05. The molecule has 1 N–H and O–H groups in total. The lowest BCUT2D eigenvalue weighted by molar-refractivity contribution is 0.0952. The van der Waals surface area contributed by atoms with E-state index in [0.29, 0.717) is 18.0 Å². The van der Waals surface area contributed by atoms with E-state index in [1.54, 1.807) is 7.11 Å². The number of methoxy groups -OCH3 is 1. The Morgan fingerprint density at radius 3 is 2.65 bits per heavy atom. The summed E-state index contributed by atoms with van der Waals surface area (Å²) in [5.41, 5.74) is 0.950. The van der Waals surface area contributed by atoms with E-state index in [4.69, 9.17) is 9.72 Å². The summed E-state index contributed by atoms with van der Waals surface area (Å²) in [5.74, 6) is 2.60. The Morgan fingerprint density at radius 1 is 1.16 bits per heavy atom. The van der Waals surface area contributed by atoms with Crippen molar-refractivity contribution in [3.05, 3.63) is 40.7 Å². The van der Waals surface area contributed by atoms with Gasteiger partial charge in [-0.1, -0.05) is 6.07 Å². The zero-order valence-corrected chi connectivity index (χ0v) is 19.0. The monoisotopic (exact) mass is 440 g/mol. The second-order valence-electron chi connectivity index (χ2n) is 7.60. The molecule has 3 aromatic rings. The van der Waals surface area contributed by atoms with Crippen LogP contribution in [-0.2, 0) is 4.74 Å². The van der Waals surface area contributed by atoms with Crippen LogP contribution in [0, 0.1) is 13.8 Å². The van der Waals surface area contributed by atoms with Crippen LogP contribution in [0.3, 0.4) is 0 Å². The minimum absolute atomic E-state index is 0.0554. The van der Waals surface area contributed by atoms with Gasteiger partial charge in [0.05, 0.1) is 10.3 Å². The number of nitrogens with zero attached hydrogens (tertiary/aromatic N) is 5. The highest BCUT2D eigenvalue weighted by Gasteiger charge is 2.25. The Bertz CT molecular complexity index is 1050. The van der Waals surface area contributed by atoms with E-state index in [1.165, 1.54) is 11.3 Å². The van der Waals surface area contributed by atoms with Crippen molar-refractivity contribution in [3.63, 3.8) is 0 Å². The fraction of sp³-hybridized carbons (Fsp3) is 0.455. The van der Waals surface area contributed by atoms with E-state index in [0.717, 1.165) is 65.8 Å². The van der Waals surface area contributed by atoms with E-state index in [-0.39, 0.29) is 5.91 Å². The molecule has 0 unspecified atom stereocenters. The highest BCUT2D eigenvalue weighted by atomic mass is 32.1. The molecule has 31 heavy (non-hydrogen) atoms. The maximum absolute atomic E-state index is 12.8. The summed E-state index contributed by atoms with van der Waals surface area (Å²) in [6, 6.07) is 6.00. The van der Waals surface area contributed by atoms with Crippen LogP contribution in [0.25, 0.3) is 10.2 Å². The van der Waals surface area contributed by atoms with Crippen molar-refractivity contribution < 1.29 is 9.53 Å². The molecule has 0 aromatic carbocycles. The number of piperazine rings is 1. The molecule has 0 atom stereocenters. The number of nitrogens with one attached hydrogen (secondary N) is 1. The Balaban J connectivity index is 1.56. The van der Waals surface area contributed by atoms with Gasteiger partial charge in [-0.15, -0.1) is 11.3 Å². The minimum atomic E-state index is -0.0554. The molecule has 4 heterocycles. The van der Waals surface area contributed by atoms with Crippen LogP contribution in [0.2, 0.25) is 0 Å². The summed E-state index contributed by atoms with van der Waals surface area (Å²) in [4.78, 5) is 32.8. The van der Waals surface area contributed by atoms with Crippen molar-refractivity contribution in [3.8, 4) is 0 Å². The number of rotatable bonds is 7.